The smallest absolute Gasteiger partial charge is 0.248 e. The van der Waals surface area contributed by atoms with E-state index in [9.17, 15) is 13.2 Å². The molecule has 3 aromatic carbocycles. The molecule has 0 fully saturated rings. The molecule has 32 heavy (non-hydrogen) atoms. The summed E-state index contributed by atoms with van der Waals surface area (Å²) in [7, 11) is 0. The van der Waals surface area contributed by atoms with E-state index in [0.29, 0.717) is 17.0 Å². The largest absolute Gasteiger partial charge is 0.416 e. The van der Waals surface area contributed by atoms with Crippen LogP contribution in [0.25, 0.3) is 33.6 Å². The molecule has 154 valence electrons. The number of rotatable bonds is 3. The van der Waals surface area contributed by atoms with Gasteiger partial charge in [0.15, 0.2) is 0 Å². The van der Waals surface area contributed by atoms with E-state index in [0.717, 1.165) is 39.9 Å². The Balaban J connectivity index is 1.84. The predicted octanol–water partition coefficient (Wildman–Crippen LogP) is 7.06. The first-order chi connectivity index (χ1) is 15.4. The molecule has 0 aliphatic rings. The number of hydrogen-bond donors (Lipinski definition) is 0. The summed E-state index contributed by atoms with van der Waals surface area (Å²) in [6.07, 6.45) is 6.51. The van der Waals surface area contributed by atoms with Crippen LogP contribution in [0.4, 0.5) is 13.2 Å². The third-order valence-corrected chi connectivity index (χ3v) is 5.07. The molecule has 0 unspecified atom stereocenters. The zero-order valence-corrected chi connectivity index (χ0v) is 16.8. The average molecular weight is 423 g/mol. The molecule has 0 bridgehead atoms. The van der Waals surface area contributed by atoms with Gasteiger partial charge in [0.25, 0.3) is 0 Å². The summed E-state index contributed by atoms with van der Waals surface area (Å²) in [4.78, 5) is 4.78. The molecule has 4 rings (SSSR count). The minimum atomic E-state index is -4.38. The molecule has 0 radical (unpaired) electrons. The van der Waals surface area contributed by atoms with Crippen LogP contribution in [0.3, 0.4) is 0 Å². The van der Waals surface area contributed by atoms with Gasteiger partial charge in [0.2, 0.25) is 0 Å². The molecule has 0 aliphatic heterocycles. The van der Waals surface area contributed by atoms with Gasteiger partial charge in [-0.3, -0.25) is 0 Å². The molecular formula is C28H16F3N. The zero-order valence-electron chi connectivity index (χ0n) is 16.8. The number of halogens is 3. The minimum Gasteiger partial charge on any atom is -0.248 e. The summed E-state index contributed by atoms with van der Waals surface area (Å²) < 4.78 is 38.9. The van der Waals surface area contributed by atoms with Crippen molar-refractivity contribution >= 4 is 0 Å². The van der Waals surface area contributed by atoms with Crippen molar-refractivity contribution in [1.82, 2.24) is 4.98 Å². The Labute approximate surface area is 184 Å². The quantitative estimate of drug-likeness (QED) is 0.321. The molecule has 0 N–H and O–H groups in total. The van der Waals surface area contributed by atoms with E-state index in [1.165, 1.54) is 12.1 Å². The van der Waals surface area contributed by atoms with E-state index in [4.69, 9.17) is 17.8 Å². The maximum Gasteiger partial charge on any atom is 0.416 e. The lowest BCUT2D eigenvalue weighted by atomic mass is 9.98. The van der Waals surface area contributed by atoms with Crippen LogP contribution in [-0.2, 0) is 6.18 Å². The Hall–Kier alpha value is -4.28. The Morgan fingerprint density at radius 2 is 0.969 bits per heavy atom. The third-order valence-electron chi connectivity index (χ3n) is 5.07. The molecule has 0 saturated carbocycles. The number of aromatic nitrogens is 1. The van der Waals surface area contributed by atoms with Gasteiger partial charge >= 0.3 is 6.18 Å². The molecule has 0 aliphatic carbocycles. The van der Waals surface area contributed by atoms with Crippen molar-refractivity contribution in [3.63, 3.8) is 0 Å². The van der Waals surface area contributed by atoms with E-state index in [1.54, 1.807) is 0 Å². The Kier molecular flexibility index (Phi) is 5.54. The lowest BCUT2D eigenvalue weighted by molar-refractivity contribution is -0.137. The van der Waals surface area contributed by atoms with E-state index in [2.05, 4.69) is 11.8 Å². The molecule has 0 atom stereocenters. The molecule has 0 spiro atoms. The Morgan fingerprint density at radius 1 is 0.562 bits per heavy atom. The van der Waals surface area contributed by atoms with Crippen molar-refractivity contribution in [3.8, 4) is 58.3 Å². The second-order valence-corrected chi connectivity index (χ2v) is 7.14. The standard InChI is InChI=1S/C28H16F3N/c1-3-19-5-9-22(10-6-19)26-17-24(21-13-15-25(16-14-21)28(29,30)31)18-27(32-26)23-11-7-20(4-2)8-12-23/h1-2,5-18H. The normalized spacial score (nSPS) is 10.9. The highest BCUT2D eigenvalue weighted by atomic mass is 19.4. The highest BCUT2D eigenvalue weighted by Crippen LogP contribution is 2.33. The lowest BCUT2D eigenvalue weighted by Gasteiger charge is -2.12. The van der Waals surface area contributed by atoms with Crippen molar-refractivity contribution in [2.45, 2.75) is 6.18 Å². The van der Waals surface area contributed by atoms with Crippen molar-refractivity contribution in [2.24, 2.45) is 0 Å². The van der Waals surface area contributed by atoms with Crippen LogP contribution in [0, 0.1) is 24.7 Å². The molecule has 4 aromatic rings. The molecule has 0 saturated heterocycles. The van der Waals surface area contributed by atoms with Crippen molar-refractivity contribution in [2.75, 3.05) is 0 Å². The van der Waals surface area contributed by atoms with Crippen LogP contribution in [0.5, 0.6) is 0 Å². The molecule has 1 heterocycles. The van der Waals surface area contributed by atoms with Crippen LogP contribution >= 0.6 is 0 Å². The number of pyridine rings is 1. The summed E-state index contributed by atoms with van der Waals surface area (Å²) in [5.41, 5.74) is 5.27. The number of alkyl halides is 3. The van der Waals surface area contributed by atoms with Gasteiger partial charge in [0.1, 0.15) is 0 Å². The van der Waals surface area contributed by atoms with Gasteiger partial charge in [-0.1, -0.05) is 48.2 Å². The van der Waals surface area contributed by atoms with Gasteiger partial charge in [-0.25, -0.2) is 4.98 Å². The zero-order chi connectivity index (χ0) is 22.7. The van der Waals surface area contributed by atoms with Crippen LogP contribution < -0.4 is 0 Å². The minimum absolute atomic E-state index is 0.656. The molecule has 1 nitrogen and oxygen atoms in total. The monoisotopic (exact) mass is 423 g/mol. The first-order valence-electron chi connectivity index (χ1n) is 9.71. The van der Waals surface area contributed by atoms with Crippen LogP contribution in [-0.4, -0.2) is 4.98 Å². The SMILES string of the molecule is C#Cc1ccc(-c2cc(-c3ccc(C(F)(F)F)cc3)cc(-c3ccc(C#C)cc3)n2)cc1. The Bertz CT molecular complexity index is 1260. The van der Waals surface area contributed by atoms with E-state index in [1.807, 2.05) is 60.7 Å². The number of benzene rings is 3. The van der Waals surface area contributed by atoms with Gasteiger partial charge in [0.05, 0.1) is 17.0 Å². The molecular weight excluding hydrogens is 407 g/mol. The van der Waals surface area contributed by atoms with Gasteiger partial charge in [-0.2, -0.15) is 13.2 Å². The molecule has 0 amide bonds. The first kappa shape index (κ1) is 21.0. The molecule has 4 heteroatoms. The maximum absolute atomic E-state index is 13.0. The fraction of sp³-hybridized carbons (Fsp3) is 0.0357. The Morgan fingerprint density at radius 3 is 1.34 bits per heavy atom. The summed E-state index contributed by atoms with van der Waals surface area (Å²) in [5.74, 6) is 5.16. The fourth-order valence-electron chi connectivity index (χ4n) is 3.32. The van der Waals surface area contributed by atoms with E-state index >= 15 is 0 Å². The van der Waals surface area contributed by atoms with Crippen molar-refractivity contribution in [3.05, 3.63) is 102 Å². The van der Waals surface area contributed by atoms with Crippen LogP contribution in [0.15, 0.2) is 84.9 Å². The topological polar surface area (TPSA) is 12.9 Å². The molecule has 1 aromatic heterocycles. The van der Waals surface area contributed by atoms with Gasteiger partial charge in [-0.05, 0) is 59.7 Å². The number of terminal acetylenes is 2. The summed E-state index contributed by atoms with van der Waals surface area (Å²) >= 11 is 0. The van der Waals surface area contributed by atoms with Crippen molar-refractivity contribution in [1.29, 1.82) is 0 Å². The summed E-state index contributed by atoms with van der Waals surface area (Å²) in [6.45, 7) is 0. The van der Waals surface area contributed by atoms with E-state index < -0.39 is 11.7 Å². The first-order valence-corrected chi connectivity index (χ1v) is 9.71. The second kappa shape index (κ2) is 8.46. The number of hydrogen-bond acceptors (Lipinski definition) is 1. The van der Waals surface area contributed by atoms with Gasteiger partial charge in [-0.15, -0.1) is 12.8 Å². The van der Waals surface area contributed by atoms with Crippen molar-refractivity contribution < 1.29 is 13.2 Å². The summed E-state index contributed by atoms with van der Waals surface area (Å²) in [5, 5.41) is 0. The second-order valence-electron chi connectivity index (χ2n) is 7.14. The highest BCUT2D eigenvalue weighted by Gasteiger charge is 2.30. The third kappa shape index (κ3) is 4.41. The van der Waals surface area contributed by atoms with Gasteiger partial charge < -0.3 is 0 Å². The maximum atomic E-state index is 13.0. The predicted molar refractivity (Wildman–Crippen MR) is 121 cm³/mol. The lowest BCUT2D eigenvalue weighted by Crippen LogP contribution is -2.04. The highest BCUT2D eigenvalue weighted by molar-refractivity contribution is 5.77. The van der Waals surface area contributed by atoms with Gasteiger partial charge in [0, 0.05) is 22.3 Å². The fourth-order valence-corrected chi connectivity index (χ4v) is 3.32. The number of nitrogens with zero attached hydrogens (tertiary/aromatic N) is 1. The average Bonchev–Trinajstić information content (AvgIpc) is 2.83. The van der Waals surface area contributed by atoms with E-state index in [-0.39, 0.29) is 0 Å². The van der Waals surface area contributed by atoms with Crippen LogP contribution in [0.2, 0.25) is 0 Å². The van der Waals surface area contributed by atoms with Crippen LogP contribution in [0.1, 0.15) is 16.7 Å². The summed E-state index contributed by atoms with van der Waals surface area (Å²) in [6, 6.07) is 23.6.